The van der Waals surface area contributed by atoms with E-state index in [0.29, 0.717) is 12.0 Å². The SMILES string of the molecule is CCCC(=O)Nc1nnc(-c2ccc(S(=O)(=O)CC)cc2)o1. The first-order chi connectivity index (χ1) is 10.5. The van der Waals surface area contributed by atoms with Gasteiger partial charge < -0.3 is 4.42 Å². The lowest BCUT2D eigenvalue weighted by atomic mass is 10.2. The number of hydrogen-bond acceptors (Lipinski definition) is 6. The highest BCUT2D eigenvalue weighted by Gasteiger charge is 2.14. The molecule has 0 saturated heterocycles. The van der Waals surface area contributed by atoms with Crippen LogP contribution in [0.5, 0.6) is 0 Å². The fraction of sp³-hybridized carbons (Fsp3) is 0.357. The zero-order chi connectivity index (χ0) is 16.2. The molecule has 0 aliphatic rings. The summed E-state index contributed by atoms with van der Waals surface area (Å²) in [5, 5.41) is 10.1. The maximum absolute atomic E-state index is 11.7. The molecule has 0 atom stereocenters. The molecule has 0 unspecified atom stereocenters. The topological polar surface area (TPSA) is 102 Å². The second-order valence-electron chi connectivity index (χ2n) is 4.64. The summed E-state index contributed by atoms with van der Waals surface area (Å²) < 4.78 is 28.8. The third-order valence-electron chi connectivity index (χ3n) is 2.99. The third-order valence-corrected chi connectivity index (χ3v) is 4.74. The predicted molar refractivity (Wildman–Crippen MR) is 81.0 cm³/mol. The molecule has 0 bridgehead atoms. The van der Waals surface area contributed by atoms with Crippen molar-refractivity contribution in [2.45, 2.75) is 31.6 Å². The minimum absolute atomic E-state index is 0.0266. The van der Waals surface area contributed by atoms with E-state index in [4.69, 9.17) is 4.42 Å². The van der Waals surface area contributed by atoms with Gasteiger partial charge in [0.05, 0.1) is 10.6 Å². The average molecular weight is 323 g/mol. The van der Waals surface area contributed by atoms with Crippen LogP contribution in [-0.4, -0.2) is 30.3 Å². The maximum Gasteiger partial charge on any atom is 0.322 e. The van der Waals surface area contributed by atoms with Gasteiger partial charge in [-0.15, -0.1) is 5.10 Å². The molecule has 1 N–H and O–H groups in total. The molecule has 1 amide bonds. The Labute approximate surface area is 128 Å². The van der Waals surface area contributed by atoms with E-state index in [9.17, 15) is 13.2 Å². The molecule has 1 heterocycles. The van der Waals surface area contributed by atoms with Crippen molar-refractivity contribution in [2.75, 3.05) is 11.1 Å². The highest BCUT2D eigenvalue weighted by molar-refractivity contribution is 7.91. The summed E-state index contributed by atoms with van der Waals surface area (Å²) in [6, 6.07) is 6.20. The Morgan fingerprint density at radius 1 is 1.18 bits per heavy atom. The van der Waals surface area contributed by atoms with Gasteiger partial charge in [0.25, 0.3) is 0 Å². The molecule has 1 aromatic carbocycles. The summed E-state index contributed by atoms with van der Waals surface area (Å²) in [5.41, 5.74) is 0.582. The molecule has 0 aliphatic carbocycles. The van der Waals surface area contributed by atoms with Gasteiger partial charge in [-0.2, -0.15) is 0 Å². The number of benzene rings is 1. The van der Waals surface area contributed by atoms with Crippen molar-refractivity contribution in [3.05, 3.63) is 24.3 Å². The fourth-order valence-electron chi connectivity index (χ4n) is 1.77. The molecule has 118 valence electrons. The van der Waals surface area contributed by atoms with Crippen molar-refractivity contribution >= 4 is 21.8 Å². The van der Waals surface area contributed by atoms with Crippen LogP contribution in [-0.2, 0) is 14.6 Å². The predicted octanol–water partition coefficient (Wildman–Crippen LogP) is 2.27. The zero-order valence-electron chi connectivity index (χ0n) is 12.4. The Bertz CT molecular complexity index is 751. The second kappa shape index (κ2) is 6.69. The molecule has 0 spiro atoms. The molecular formula is C14H17N3O4S. The fourth-order valence-corrected chi connectivity index (χ4v) is 2.65. The van der Waals surface area contributed by atoms with Crippen molar-refractivity contribution in [1.82, 2.24) is 10.2 Å². The molecule has 22 heavy (non-hydrogen) atoms. The van der Waals surface area contributed by atoms with Crippen LogP contribution in [0.25, 0.3) is 11.5 Å². The van der Waals surface area contributed by atoms with Crippen LogP contribution in [0, 0.1) is 0 Å². The highest BCUT2D eigenvalue weighted by atomic mass is 32.2. The average Bonchev–Trinajstić information content (AvgIpc) is 2.96. The summed E-state index contributed by atoms with van der Waals surface area (Å²) in [4.78, 5) is 11.7. The monoisotopic (exact) mass is 323 g/mol. The first-order valence-corrected chi connectivity index (χ1v) is 8.58. The number of nitrogens with zero attached hydrogens (tertiary/aromatic N) is 2. The van der Waals surface area contributed by atoms with E-state index in [-0.39, 0.29) is 28.5 Å². The number of amides is 1. The number of aromatic nitrogens is 2. The molecular weight excluding hydrogens is 306 g/mol. The Morgan fingerprint density at radius 2 is 1.86 bits per heavy atom. The van der Waals surface area contributed by atoms with Gasteiger partial charge in [-0.25, -0.2) is 8.42 Å². The van der Waals surface area contributed by atoms with Crippen LogP contribution in [0.4, 0.5) is 6.01 Å². The van der Waals surface area contributed by atoms with Crippen molar-refractivity contribution in [3.63, 3.8) is 0 Å². The van der Waals surface area contributed by atoms with Crippen LogP contribution in [0.3, 0.4) is 0 Å². The molecule has 0 radical (unpaired) electrons. The van der Waals surface area contributed by atoms with E-state index in [2.05, 4.69) is 15.5 Å². The molecule has 0 saturated carbocycles. The van der Waals surface area contributed by atoms with E-state index in [1.807, 2.05) is 6.92 Å². The van der Waals surface area contributed by atoms with Gasteiger partial charge in [0.15, 0.2) is 9.84 Å². The van der Waals surface area contributed by atoms with E-state index in [1.54, 1.807) is 19.1 Å². The highest BCUT2D eigenvalue weighted by Crippen LogP contribution is 2.22. The summed E-state index contributed by atoms with van der Waals surface area (Å²) in [5.74, 6) is 0.0647. The van der Waals surface area contributed by atoms with Crippen molar-refractivity contribution in [2.24, 2.45) is 0 Å². The number of hydrogen-bond donors (Lipinski definition) is 1. The van der Waals surface area contributed by atoms with Crippen molar-refractivity contribution < 1.29 is 17.6 Å². The van der Waals surface area contributed by atoms with E-state index in [1.165, 1.54) is 12.1 Å². The van der Waals surface area contributed by atoms with Gasteiger partial charge in [0.1, 0.15) is 0 Å². The smallest absolute Gasteiger partial charge is 0.322 e. The number of rotatable bonds is 6. The Balaban J connectivity index is 2.16. The molecule has 7 nitrogen and oxygen atoms in total. The number of carbonyl (C=O) groups excluding carboxylic acids is 1. The molecule has 1 aromatic heterocycles. The number of anilines is 1. The van der Waals surface area contributed by atoms with Gasteiger partial charge in [-0.1, -0.05) is 18.9 Å². The molecule has 8 heteroatoms. The quantitative estimate of drug-likeness (QED) is 0.875. The molecule has 2 rings (SSSR count). The molecule has 0 fully saturated rings. The van der Waals surface area contributed by atoms with Crippen LogP contribution in [0.1, 0.15) is 26.7 Å². The summed E-state index contributed by atoms with van der Waals surface area (Å²) in [6.45, 7) is 3.48. The number of nitrogens with one attached hydrogen (secondary N) is 1. The first kappa shape index (κ1) is 16.2. The Kier molecular flexibility index (Phi) is 4.92. The van der Waals surface area contributed by atoms with E-state index in [0.717, 1.165) is 6.42 Å². The second-order valence-corrected chi connectivity index (χ2v) is 6.92. The minimum atomic E-state index is -3.24. The molecule has 0 aliphatic heterocycles. The lowest BCUT2D eigenvalue weighted by Crippen LogP contribution is -2.10. The summed E-state index contributed by atoms with van der Waals surface area (Å²) >= 11 is 0. The van der Waals surface area contributed by atoms with Gasteiger partial charge in [-0.05, 0) is 30.7 Å². The summed E-state index contributed by atoms with van der Waals surface area (Å²) in [6.07, 6.45) is 1.10. The van der Waals surface area contributed by atoms with E-state index >= 15 is 0 Å². The third kappa shape index (κ3) is 3.70. The van der Waals surface area contributed by atoms with Crippen LogP contribution >= 0.6 is 0 Å². The van der Waals surface area contributed by atoms with E-state index < -0.39 is 9.84 Å². The number of sulfone groups is 1. The van der Waals surface area contributed by atoms with Gasteiger partial charge in [0.2, 0.25) is 11.8 Å². The largest absolute Gasteiger partial charge is 0.403 e. The molecule has 2 aromatic rings. The van der Waals surface area contributed by atoms with Crippen molar-refractivity contribution in [3.8, 4) is 11.5 Å². The Hall–Kier alpha value is -2.22. The summed E-state index contributed by atoms with van der Waals surface area (Å²) in [7, 11) is -3.24. The Morgan fingerprint density at radius 3 is 2.45 bits per heavy atom. The van der Waals surface area contributed by atoms with Gasteiger partial charge >= 0.3 is 6.01 Å². The van der Waals surface area contributed by atoms with Crippen LogP contribution in [0.2, 0.25) is 0 Å². The van der Waals surface area contributed by atoms with Crippen LogP contribution in [0.15, 0.2) is 33.6 Å². The van der Waals surface area contributed by atoms with Gasteiger partial charge in [0, 0.05) is 12.0 Å². The lowest BCUT2D eigenvalue weighted by Gasteiger charge is -2.01. The maximum atomic E-state index is 11.7. The number of carbonyl (C=O) groups is 1. The zero-order valence-corrected chi connectivity index (χ0v) is 13.2. The minimum Gasteiger partial charge on any atom is -0.403 e. The van der Waals surface area contributed by atoms with Gasteiger partial charge in [-0.3, -0.25) is 10.1 Å². The first-order valence-electron chi connectivity index (χ1n) is 6.92. The normalized spacial score (nSPS) is 11.4. The van der Waals surface area contributed by atoms with Crippen LogP contribution < -0.4 is 5.32 Å². The van der Waals surface area contributed by atoms with Crippen molar-refractivity contribution in [1.29, 1.82) is 0 Å². The standard InChI is InChI=1S/C14H17N3O4S/c1-3-5-12(18)15-14-17-16-13(21-14)10-6-8-11(9-7-10)22(19,20)4-2/h6-9H,3-5H2,1-2H3,(H,15,17,18). The lowest BCUT2D eigenvalue weighted by molar-refractivity contribution is -0.116.